The predicted molar refractivity (Wildman–Crippen MR) is 129 cm³/mol. The number of likely N-dealkylation sites (tertiary alicyclic amines) is 1. The number of β-amino-alcohol motifs (C(OH)–C–C–N with tert-alkyl or cyclic N) is 1. The fourth-order valence-electron chi connectivity index (χ4n) is 4.50. The molecular formula is C23H28N6O4S. The van der Waals surface area contributed by atoms with Crippen LogP contribution in [-0.2, 0) is 6.54 Å². The molecule has 3 aromatic rings. The van der Waals surface area contributed by atoms with Crippen molar-refractivity contribution in [3.63, 3.8) is 0 Å². The topological polar surface area (TPSA) is 114 Å². The van der Waals surface area contributed by atoms with E-state index in [0.29, 0.717) is 52.8 Å². The molecule has 0 radical (unpaired) electrons. The van der Waals surface area contributed by atoms with E-state index in [4.69, 9.17) is 14.5 Å². The molecule has 10 nitrogen and oxygen atoms in total. The van der Waals surface area contributed by atoms with Crippen LogP contribution in [0.4, 0.5) is 5.82 Å². The zero-order chi connectivity index (χ0) is 23.7. The number of benzene rings is 1. The van der Waals surface area contributed by atoms with E-state index in [1.165, 1.54) is 24.2 Å². The van der Waals surface area contributed by atoms with Gasteiger partial charge in [0.05, 0.1) is 18.3 Å². The molecule has 180 valence electrons. The number of carbonyl (C=O) groups is 1. The van der Waals surface area contributed by atoms with Gasteiger partial charge in [-0.3, -0.25) is 9.36 Å². The first-order valence-electron chi connectivity index (χ1n) is 11.4. The lowest BCUT2D eigenvalue weighted by Crippen LogP contribution is -2.33. The van der Waals surface area contributed by atoms with Crippen molar-refractivity contribution in [1.82, 2.24) is 19.4 Å². The lowest BCUT2D eigenvalue weighted by atomic mass is 10.2. The van der Waals surface area contributed by atoms with E-state index in [1.54, 1.807) is 19.5 Å². The Hall–Kier alpha value is -3.02. The Labute approximate surface area is 200 Å². The van der Waals surface area contributed by atoms with Crippen molar-refractivity contribution >= 4 is 34.0 Å². The molecule has 0 unspecified atom stereocenters. The van der Waals surface area contributed by atoms with Crippen molar-refractivity contribution < 1.29 is 19.4 Å². The van der Waals surface area contributed by atoms with Crippen molar-refractivity contribution in [1.29, 1.82) is 0 Å². The van der Waals surface area contributed by atoms with E-state index in [-0.39, 0.29) is 12.5 Å². The van der Waals surface area contributed by atoms with Gasteiger partial charge in [0.15, 0.2) is 11.5 Å². The maximum Gasteiger partial charge on any atom is 0.292 e. The summed E-state index contributed by atoms with van der Waals surface area (Å²) in [5.74, 6) is 1.39. The van der Waals surface area contributed by atoms with Crippen molar-refractivity contribution in [2.24, 2.45) is 4.99 Å². The normalized spacial score (nSPS) is 17.1. The summed E-state index contributed by atoms with van der Waals surface area (Å²) in [6.45, 7) is 5.91. The van der Waals surface area contributed by atoms with Gasteiger partial charge in [-0.15, -0.1) is 11.3 Å². The van der Waals surface area contributed by atoms with Gasteiger partial charge in [0.2, 0.25) is 5.62 Å². The monoisotopic (exact) mass is 484 g/mol. The molecular weight excluding hydrogens is 456 g/mol. The number of carbonyl (C=O) groups excluding carboxylic acids is 1. The Morgan fingerprint density at radius 1 is 1.32 bits per heavy atom. The number of ether oxygens (including phenoxy) is 2. The quantitative estimate of drug-likeness (QED) is 0.522. The number of methoxy groups -OCH3 is 1. The number of fused-ring (bicyclic) bond motifs is 3. The van der Waals surface area contributed by atoms with Crippen LogP contribution in [0.1, 0.15) is 28.2 Å². The van der Waals surface area contributed by atoms with E-state index < -0.39 is 6.10 Å². The van der Waals surface area contributed by atoms with Gasteiger partial charge in [-0.05, 0) is 45.0 Å². The first-order chi connectivity index (χ1) is 16.5. The van der Waals surface area contributed by atoms with E-state index >= 15 is 0 Å². The summed E-state index contributed by atoms with van der Waals surface area (Å²) in [6.07, 6.45) is 1.74. The van der Waals surface area contributed by atoms with E-state index in [2.05, 4.69) is 20.2 Å². The van der Waals surface area contributed by atoms with Crippen molar-refractivity contribution in [2.45, 2.75) is 32.4 Å². The van der Waals surface area contributed by atoms with Crippen LogP contribution >= 0.6 is 11.3 Å². The number of hydrogen-bond acceptors (Lipinski definition) is 9. The Morgan fingerprint density at radius 2 is 2.15 bits per heavy atom. The van der Waals surface area contributed by atoms with Crippen LogP contribution in [0.3, 0.4) is 0 Å². The number of rotatable bonds is 7. The second kappa shape index (κ2) is 9.69. The van der Waals surface area contributed by atoms with Crippen LogP contribution in [0.5, 0.6) is 11.5 Å². The van der Waals surface area contributed by atoms with Crippen LogP contribution in [0.15, 0.2) is 22.6 Å². The number of nitrogens with one attached hydrogen (secondary N) is 1. The number of hydrogen-bond donors (Lipinski definition) is 2. The molecule has 2 aliphatic heterocycles. The molecule has 2 aromatic heterocycles. The Kier molecular flexibility index (Phi) is 6.48. The standard InChI is InChI=1S/C23H28N6O4S/c1-14-20(34-13-25-14)22(31)27-23-26-18-16(21-24-7-10-29(21)23)5-6-17(19(18)32-2)33-12-15(30)11-28-8-3-4-9-28/h5-6,13,15,24,30H,3-4,7-12H2,1-2H3/t15-/m0/s1. The average Bonchev–Trinajstić information content (AvgIpc) is 3.59. The average molecular weight is 485 g/mol. The highest BCUT2D eigenvalue weighted by molar-refractivity contribution is 7.11. The summed E-state index contributed by atoms with van der Waals surface area (Å²) in [5, 5.41) is 14.6. The molecule has 1 fully saturated rings. The van der Waals surface area contributed by atoms with Gasteiger partial charge in [0, 0.05) is 25.0 Å². The number of thiazole rings is 1. The van der Waals surface area contributed by atoms with Crippen LogP contribution < -0.4 is 20.4 Å². The van der Waals surface area contributed by atoms with Gasteiger partial charge < -0.3 is 24.8 Å². The highest BCUT2D eigenvalue weighted by Gasteiger charge is 2.22. The summed E-state index contributed by atoms with van der Waals surface area (Å²) >= 11 is 1.27. The highest BCUT2D eigenvalue weighted by Crippen LogP contribution is 2.37. The molecule has 2 aliphatic rings. The zero-order valence-electron chi connectivity index (χ0n) is 19.3. The maximum absolute atomic E-state index is 12.8. The number of aliphatic hydroxyl groups is 1. The molecule has 2 N–H and O–H groups in total. The van der Waals surface area contributed by atoms with Gasteiger partial charge in [0.25, 0.3) is 5.91 Å². The SMILES string of the molecule is COc1c(OC[C@@H](O)CN2CCCC2)ccc2c3n(c(=NC(=O)c4scnc4C)nc12)CCN3. The third-order valence-electron chi connectivity index (χ3n) is 6.15. The third-order valence-corrected chi connectivity index (χ3v) is 7.06. The first-order valence-corrected chi connectivity index (χ1v) is 12.3. The molecule has 34 heavy (non-hydrogen) atoms. The van der Waals surface area contributed by atoms with Gasteiger partial charge in [-0.25, -0.2) is 9.97 Å². The van der Waals surface area contributed by atoms with E-state index in [0.717, 1.165) is 24.3 Å². The molecule has 0 bridgehead atoms. The number of aryl methyl sites for hydroxylation is 1. The summed E-state index contributed by atoms with van der Waals surface area (Å²) < 4.78 is 13.5. The van der Waals surface area contributed by atoms with E-state index in [9.17, 15) is 9.90 Å². The molecule has 4 heterocycles. The van der Waals surface area contributed by atoms with Crippen molar-refractivity contribution in [3.05, 3.63) is 33.8 Å². The minimum Gasteiger partial charge on any atom is -0.491 e. The van der Waals surface area contributed by atoms with Crippen LogP contribution in [0.2, 0.25) is 0 Å². The Bertz CT molecular complexity index is 1280. The molecule has 0 spiro atoms. The molecule has 1 atom stereocenters. The highest BCUT2D eigenvalue weighted by atomic mass is 32.1. The number of aromatic nitrogens is 3. The summed E-state index contributed by atoms with van der Waals surface area (Å²) in [4.78, 5) is 28.7. The van der Waals surface area contributed by atoms with Crippen LogP contribution in [-0.4, -0.2) is 76.4 Å². The zero-order valence-corrected chi connectivity index (χ0v) is 20.1. The van der Waals surface area contributed by atoms with E-state index in [1.807, 2.05) is 16.7 Å². The summed E-state index contributed by atoms with van der Waals surface area (Å²) in [7, 11) is 1.56. The summed E-state index contributed by atoms with van der Waals surface area (Å²) in [6, 6.07) is 3.74. The molecule has 1 aromatic carbocycles. The second-order valence-corrected chi connectivity index (χ2v) is 9.34. The fourth-order valence-corrected chi connectivity index (χ4v) is 5.18. The van der Waals surface area contributed by atoms with Crippen molar-refractivity contribution in [3.8, 4) is 11.5 Å². The lowest BCUT2D eigenvalue weighted by molar-refractivity contribution is 0.0748. The van der Waals surface area contributed by atoms with Gasteiger partial charge >= 0.3 is 0 Å². The van der Waals surface area contributed by atoms with Crippen LogP contribution in [0, 0.1) is 6.92 Å². The maximum atomic E-state index is 12.8. The second-order valence-electron chi connectivity index (χ2n) is 8.49. The predicted octanol–water partition coefficient (Wildman–Crippen LogP) is 1.81. The molecule has 11 heteroatoms. The minimum atomic E-state index is -0.602. The number of anilines is 1. The van der Waals surface area contributed by atoms with Crippen LogP contribution in [0.25, 0.3) is 10.9 Å². The molecule has 1 amide bonds. The summed E-state index contributed by atoms with van der Waals surface area (Å²) in [5.41, 5.74) is 3.13. The van der Waals surface area contributed by atoms with Gasteiger partial charge in [-0.2, -0.15) is 4.99 Å². The van der Waals surface area contributed by atoms with Gasteiger partial charge in [0.1, 0.15) is 28.9 Å². The lowest BCUT2D eigenvalue weighted by Gasteiger charge is -2.20. The smallest absolute Gasteiger partial charge is 0.292 e. The van der Waals surface area contributed by atoms with Crippen molar-refractivity contribution in [2.75, 3.05) is 45.2 Å². The van der Waals surface area contributed by atoms with Gasteiger partial charge in [-0.1, -0.05) is 0 Å². The first kappa shape index (κ1) is 22.8. The number of amides is 1. The molecule has 1 saturated heterocycles. The number of nitrogens with zero attached hydrogens (tertiary/aromatic N) is 5. The fraction of sp³-hybridized carbons (Fsp3) is 0.478. The molecule has 0 saturated carbocycles. The third kappa shape index (κ3) is 4.38. The number of aliphatic hydroxyl groups excluding tert-OH is 1. The Morgan fingerprint density at radius 3 is 2.88 bits per heavy atom. The molecule has 0 aliphatic carbocycles. The molecule has 5 rings (SSSR count). The largest absolute Gasteiger partial charge is 0.491 e. The Balaban J connectivity index is 1.49. The minimum absolute atomic E-state index is 0.149.